The molecule has 0 bridgehead atoms. The molecule has 42 heavy (non-hydrogen) atoms. The molecule has 0 aromatic heterocycles. The molecule has 8 heteroatoms. The number of hydrogen-bond donors (Lipinski definition) is 1. The van der Waals surface area contributed by atoms with Crippen LogP contribution in [-0.2, 0) is 36.9 Å². The van der Waals surface area contributed by atoms with E-state index in [1.54, 1.807) is 60.7 Å². The van der Waals surface area contributed by atoms with Gasteiger partial charge in [0.05, 0.1) is 24.3 Å². The van der Waals surface area contributed by atoms with Gasteiger partial charge in [0.15, 0.2) is 12.4 Å². The van der Waals surface area contributed by atoms with Gasteiger partial charge in [-0.1, -0.05) is 97.1 Å². The standard InChI is InChI=1S/C34H32O8/c35-32(26-17-9-3-10-18-26)40-23-28-29(38-21-24-13-5-1-6-14-24)30(39-22-25-15-7-2-8-16-25)31(34(37)41-28)42-33(36)27-19-11-4-12-20-27/h1-20,28-31,34,37H,21-23H2/t28-,29-,30+,31+,34+/m1/s1. The van der Waals surface area contributed by atoms with Crippen LogP contribution in [0, 0.1) is 0 Å². The Morgan fingerprint density at radius 1 is 0.595 bits per heavy atom. The van der Waals surface area contributed by atoms with Gasteiger partial charge in [-0.2, -0.15) is 0 Å². The van der Waals surface area contributed by atoms with Gasteiger partial charge in [-0.15, -0.1) is 0 Å². The molecule has 0 spiro atoms. The van der Waals surface area contributed by atoms with Gasteiger partial charge < -0.3 is 28.8 Å². The number of esters is 2. The number of carbonyl (C=O) groups is 2. The first-order valence-corrected chi connectivity index (χ1v) is 13.7. The third-order valence-corrected chi connectivity index (χ3v) is 6.82. The average molecular weight is 569 g/mol. The van der Waals surface area contributed by atoms with Crippen molar-refractivity contribution in [2.75, 3.05) is 6.61 Å². The summed E-state index contributed by atoms with van der Waals surface area (Å²) in [6.07, 6.45) is -5.58. The van der Waals surface area contributed by atoms with Crippen LogP contribution in [0.5, 0.6) is 0 Å². The van der Waals surface area contributed by atoms with Crippen molar-refractivity contribution in [1.82, 2.24) is 0 Å². The number of hydrogen-bond acceptors (Lipinski definition) is 8. The molecule has 8 nitrogen and oxygen atoms in total. The van der Waals surface area contributed by atoms with Crippen molar-refractivity contribution in [3.8, 4) is 0 Å². The molecule has 1 aliphatic heterocycles. The molecule has 1 N–H and O–H groups in total. The van der Waals surface area contributed by atoms with Crippen LogP contribution >= 0.6 is 0 Å². The van der Waals surface area contributed by atoms with Crippen LogP contribution in [0.3, 0.4) is 0 Å². The summed E-state index contributed by atoms with van der Waals surface area (Å²) in [4.78, 5) is 25.8. The molecule has 216 valence electrons. The summed E-state index contributed by atoms with van der Waals surface area (Å²) in [7, 11) is 0. The van der Waals surface area contributed by atoms with E-state index >= 15 is 0 Å². The molecule has 1 heterocycles. The fourth-order valence-electron chi connectivity index (χ4n) is 4.66. The molecule has 1 saturated heterocycles. The molecule has 0 aliphatic carbocycles. The smallest absolute Gasteiger partial charge is 0.338 e. The van der Waals surface area contributed by atoms with Crippen molar-refractivity contribution in [1.29, 1.82) is 0 Å². The zero-order valence-corrected chi connectivity index (χ0v) is 22.9. The molecule has 1 aliphatic rings. The van der Waals surface area contributed by atoms with E-state index in [4.69, 9.17) is 23.7 Å². The number of ether oxygens (including phenoxy) is 5. The first-order valence-electron chi connectivity index (χ1n) is 13.7. The summed E-state index contributed by atoms with van der Waals surface area (Å²) in [5, 5.41) is 11.1. The Kier molecular flexibility index (Phi) is 10.1. The van der Waals surface area contributed by atoms with Crippen molar-refractivity contribution >= 4 is 11.9 Å². The van der Waals surface area contributed by atoms with Crippen LogP contribution in [0.15, 0.2) is 121 Å². The van der Waals surface area contributed by atoms with Gasteiger partial charge in [0.25, 0.3) is 0 Å². The molecule has 1 fully saturated rings. The van der Waals surface area contributed by atoms with E-state index in [2.05, 4.69) is 0 Å². The van der Waals surface area contributed by atoms with E-state index < -0.39 is 42.6 Å². The highest BCUT2D eigenvalue weighted by atomic mass is 16.7. The van der Waals surface area contributed by atoms with E-state index in [-0.39, 0.29) is 19.8 Å². The second-order valence-electron chi connectivity index (χ2n) is 9.79. The lowest BCUT2D eigenvalue weighted by molar-refractivity contribution is -0.303. The molecular weight excluding hydrogens is 536 g/mol. The molecular formula is C34H32O8. The Bertz CT molecular complexity index is 1400. The largest absolute Gasteiger partial charge is 0.459 e. The highest BCUT2D eigenvalue weighted by Gasteiger charge is 2.49. The van der Waals surface area contributed by atoms with Crippen LogP contribution in [0.4, 0.5) is 0 Å². The fourth-order valence-corrected chi connectivity index (χ4v) is 4.66. The Morgan fingerprint density at radius 2 is 1.05 bits per heavy atom. The second kappa shape index (κ2) is 14.5. The van der Waals surface area contributed by atoms with Crippen LogP contribution in [0.2, 0.25) is 0 Å². The number of aliphatic hydroxyl groups is 1. The van der Waals surface area contributed by atoms with Crippen molar-refractivity contribution < 1.29 is 38.4 Å². The Labute approximate surface area is 244 Å². The summed E-state index contributed by atoms with van der Waals surface area (Å²) in [5.74, 6) is -1.19. The molecule has 0 amide bonds. The first-order chi connectivity index (χ1) is 20.6. The topological polar surface area (TPSA) is 101 Å². The van der Waals surface area contributed by atoms with Crippen LogP contribution in [0.1, 0.15) is 31.8 Å². The van der Waals surface area contributed by atoms with Crippen LogP contribution in [-0.4, -0.2) is 54.4 Å². The van der Waals surface area contributed by atoms with Gasteiger partial charge in [-0.3, -0.25) is 0 Å². The van der Waals surface area contributed by atoms with E-state index in [9.17, 15) is 14.7 Å². The molecule has 0 saturated carbocycles. The number of carbonyl (C=O) groups excluding carboxylic acids is 2. The maximum absolute atomic E-state index is 13.1. The van der Waals surface area contributed by atoms with E-state index in [0.29, 0.717) is 11.1 Å². The van der Waals surface area contributed by atoms with Gasteiger partial charge in [0.2, 0.25) is 0 Å². The zero-order chi connectivity index (χ0) is 29.1. The summed E-state index contributed by atoms with van der Waals surface area (Å²) >= 11 is 0. The van der Waals surface area contributed by atoms with Gasteiger partial charge >= 0.3 is 11.9 Å². The summed E-state index contributed by atoms with van der Waals surface area (Å²) < 4.78 is 29.9. The van der Waals surface area contributed by atoms with Crippen LogP contribution < -0.4 is 0 Å². The normalized spacial score (nSPS) is 21.8. The molecule has 0 unspecified atom stereocenters. The highest BCUT2D eigenvalue weighted by Crippen LogP contribution is 2.30. The predicted octanol–water partition coefficient (Wildman–Crippen LogP) is 4.96. The number of aliphatic hydroxyl groups excluding tert-OH is 1. The lowest BCUT2D eigenvalue weighted by Crippen LogP contribution is -2.61. The van der Waals surface area contributed by atoms with Crippen LogP contribution in [0.25, 0.3) is 0 Å². The van der Waals surface area contributed by atoms with Gasteiger partial charge in [-0.25, -0.2) is 9.59 Å². The molecule has 0 radical (unpaired) electrons. The molecule has 5 rings (SSSR count). The van der Waals surface area contributed by atoms with Gasteiger partial charge in [0, 0.05) is 0 Å². The second-order valence-corrected chi connectivity index (χ2v) is 9.79. The summed E-state index contributed by atoms with van der Waals surface area (Å²) in [6, 6.07) is 36.0. The average Bonchev–Trinajstić information content (AvgIpc) is 3.05. The molecule has 4 aromatic rings. The minimum atomic E-state index is -1.57. The van der Waals surface area contributed by atoms with E-state index in [1.807, 2.05) is 60.7 Å². The minimum absolute atomic E-state index is 0.152. The van der Waals surface area contributed by atoms with E-state index in [1.165, 1.54) is 0 Å². The van der Waals surface area contributed by atoms with Gasteiger partial charge in [0.1, 0.15) is 24.9 Å². The number of benzene rings is 4. The third kappa shape index (κ3) is 7.69. The Hall–Kier alpha value is -4.34. The molecule has 4 aromatic carbocycles. The Morgan fingerprint density at radius 3 is 1.57 bits per heavy atom. The quantitative estimate of drug-likeness (QED) is 0.254. The van der Waals surface area contributed by atoms with Crippen molar-refractivity contribution in [3.63, 3.8) is 0 Å². The maximum Gasteiger partial charge on any atom is 0.338 e. The number of rotatable bonds is 11. The lowest BCUT2D eigenvalue weighted by Gasteiger charge is -2.43. The summed E-state index contributed by atoms with van der Waals surface area (Å²) in [5.41, 5.74) is 2.46. The minimum Gasteiger partial charge on any atom is -0.459 e. The SMILES string of the molecule is O=C(OC[C@H]1O[C@H](O)[C@@H](OC(=O)c2ccccc2)[C@@H](OCc2ccccc2)[C@@H]1OCc1ccccc1)c1ccccc1. The lowest BCUT2D eigenvalue weighted by atomic mass is 9.98. The van der Waals surface area contributed by atoms with Crippen molar-refractivity contribution in [2.45, 2.75) is 43.9 Å². The van der Waals surface area contributed by atoms with Crippen molar-refractivity contribution in [2.24, 2.45) is 0 Å². The molecule has 5 atom stereocenters. The summed E-state index contributed by atoms with van der Waals surface area (Å²) in [6.45, 7) is 0.104. The first kappa shape index (κ1) is 29.2. The monoisotopic (exact) mass is 568 g/mol. The fraction of sp³-hybridized carbons (Fsp3) is 0.235. The van der Waals surface area contributed by atoms with E-state index in [0.717, 1.165) is 11.1 Å². The highest BCUT2D eigenvalue weighted by molar-refractivity contribution is 5.89. The predicted molar refractivity (Wildman–Crippen MR) is 153 cm³/mol. The zero-order valence-electron chi connectivity index (χ0n) is 22.9. The third-order valence-electron chi connectivity index (χ3n) is 6.82. The van der Waals surface area contributed by atoms with Gasteiger partial charge in [-0.05, 0) is 35.4 Å². The Balaban J connectivity index is 1.41. The maximum atomic E-state index is 13.1. The van der Waals surface area contributed by atoms with Crippen molar-refractivity contribution in [3.05, 3.63) is 144 Å².